The molecule has 0 aliphatic carbocycles. The number of pyridine rings is 1. The van der Waals surface area contributed by atoms with Crippen molar-refractivity contribution < 1.29 is 14.3 Å². The van der Waals surface area contributed by atoms with E-state index in [0.29, 0.717) is 13.0 Å². The van der Waals surface area contributed by atoms with E-state index in [4.69, 9.17) is 9.47 Å². The molecule has 0 saturated carbocycles. The molecule has 0 bridgehead atoms. The van der Waals surface area contributed by atoms with Gasteiger partial charge >= 0.3 is 0 Å². The lowest BCUT2D eigenvalue weighted by Gasteiger charge is -2.27. The third-order valence-corrected chi connectivity index (χ3v) is 7.59. The molecule has 1 fully saturated rings. The zero-order valence-electron chi connectivity index (χ0n) is 23.3. The van der Waals surface area contributed by atoms with Crippen molar-refractivity contribution in [2.75, 3.05) is 13.7 Å². The van der Waals surface area contributed by atoms with Gasteiger partial charge < -0.3 is 14.4 Å². The van der Waals surface area contributed by atoms with E-state index in [1.165, 1.54) is 0 Å². The second-order valence-electron chi connectivity index (χ2n) is 11.3. The highest BCUT2D eigenvalue weighted by Crippen LogP contribution is 2.35. The summed E-state index contributed by atoms with van der Waals surface area (Å²) in [6.07, 6.45) is 8.11. The largest absolute Gasteiger partial charge is 0.497 e. The lowest BCUT2D eigenvalue weighted by molar-refractivity contribution is -0.129. The number of hydrogen-bond donors (Lipinski definition) is 0. The molecule has 4 aromatic rings. The summed E-state index contributed by atoms with van der Waals surface area (Å²) in [5.41, 5.74) is 4.95. The second kappa shape index (κ2) is 9.82. The Morgan fingerprint density at radius 3 is 2.42 bits per heavy atom. The normalized spacial score (nSPS) is 17.7. The standard InChI is InChI=1S/C30H37N5O3/c1-19-14-31-34-17-24(25-15-32-35(18-25)30(4,5)6)12-27(29(19)34)38-21(3)23-13-28(36)33(16-23)20(2)22-8-10-26(37-7)11-9-22/h8-12,14-15,17-18,20-21,23H,13,16H2,1-7H3/t20-,21-,23-/m1/s1. The number of rotatable bonds is 7. The fourth-order valence-corrected chi connectivity index (χ4v) is 5.13. The van der Waals surface area contributed by atoms with Crippen molar-refractivity contribution in [2.24, 2.45) is 5.92 Å². The molecule has 1 aliphatic rings. The fourth-order valence-electron chi connectivity index (χ4n) is 5.13. The Labute approximate surface area is 224 Å². The highest BCUT2D eigenvalue weighted by atomic mass is 16.5. The zero-order chi connectivity index (χ0) is 27.2. The van der Waals surface area contributed by atoms with Gasteiger partial charge in [-0.1, -0.05) is 12.1 Å². The van der Waals surface area contributed by atoms with Crippen LogP contribution in [0.2, 0.25) is 0 Å². The van der Waals surface area contributed by atoms with Crippen molar-refractivity contribution >= 4 is 11.4 Å². The number of fused-ring (bicyclic) bond motifs is 1. The molecule has 3 aromatic heterocycles. The van der Waals surface area contributed by atoms with Crippen molar-refractivity contribution in [3.8, 4) is 22.6 Å². The lowest BCUT2D eigenvalue weighted by Crippen LogP contribution is -2.31. The minimum atomic E-state index is -0.155. The van der Waals surface area contributed by atoms with Gasteiger partial charge in [-0.25, -0.2) is 4.52 Å². The Morgan fingerprint density at radius 2 is 1.76 bits per heavy atom. The summed E-state index contributed by atoms with van der Waals surface area (Å²) in [7, 11) is 1.65. The van der Waals surface area contributed by atoms with Crippen molar-refractivity contribution in [1.29, 1.82) is 0 Å². The van der Waals surface area contributed by atoms with Crippen LogP contribution in [0.1, 0.15) is 58.2 Å². The quantitative estimate of drug-likeness (QED) is 0.318. The number of methoxy groups -OCH3 is 1. The highest BCUT2D eigenvalue weighted by Gasteiger charge is 2.37. The molecule has 0 radical (unpaired) electrons. The molecule has 3 atom stereocenters. The number of aromatic nitrogens is 4. The summed E-state index contributed by atoms with van der Waals surface area (Å²) in [6, 6.07) is 9.98. The number of carbonyl (C=O) groups excluding carboxylic acids is 1. The van der Waals surface area contributed by atoms with Crippen LogP contribution in [-0.2, 0) is 10.3 Å². The monoisotopic (exact) mass is 515 g/mol. The fraction of sp³-hybridized carbons (Fsp3) is 0.433. The topological polar surface area (TPSA) is 73.9 Å². The van der Waals surface area contributed by atoms with Gasteiger partial charge in [-0.15, -0.1) is 0 Å². The van der Waals surface area contributed by atoms with Gasteiger partial charge in [0.05, 0.1) is 31.1 Å². The van der Waals surface area contributed by atoms with E-state index in [9.17, 15) is 4.79 Å². The van der Waals surface area contributed by atoms with E-state index < -0.39 is 0 Å². The molecule has 1 aliphatic heterocycles. The van der Waals surface area contributed by atoms with Crippen LogP contribution >= 0.6 is 0 Å². The number of carbonyl (C=O) groups is 1. The van der Waals surface area contributed by atoms with Crippen molar-refractivity contribution in [1.82, 2.24) is 24.3 Å². The molecule has 0 N–H and O–H groups in total. The third kappa shape index (κ3) is 4.87. The smallest absolute Gasteiger partial charge is 0.223 e. The maximum absolute atomic E-state index is 13.0. The van der Waals surface area contributed by atoms with E-state index in [1.54, 1.807) is 7.11 Å². The van der Waals surface area contributed by atoms with Crippen LogP contribution in [0.4, 0.5) is 0 Å². The molecule has 200 valence electrons. The van der Waals surface area contributed by atoms with Crippen LogP contribution in [0.3, 0.4) is 0 Å². The number of amides is 1. The first-order chi connectivity index (χ1) is 18.0. The predicted octanol–water partition coefficient (Wildman–Crippen LogP) is 5.65. The third-order valence-electron chi connectivity index (χ3n) is 7.59. The first-order valence-electron chi connectivity index (χ1n) is 13.2. The van der Waals surface area contributed by atoms with E-state index in [1.807, 2.05) is 63.9 Å². The molecular formula is C30H37N5O3. The number of likely N-dealkylation sites (tertiary alicyclic amines) is 1. The van der Waals surface area contributed by atoms with Crippen LogP contribution in [0.5, 0.6) is 11.5 Å². The average Bonchev–Trinajstić information content (AvgIpc) is 3.62. The van der Waals surface area contributed by atoms with Gasteiger partial charge in [0.25, 0.3) is 0 Å². The maximum atomic E-state index is 13.0. The van der Waals surface area contributed by atoms with E-state index in [-0.39, 0.29) is 29.5 Å². The number of ether oxygens (including phenoxy) is 2. The molecular weight excluding hydrogens is 478 g/mol. The van der Waals surface area contributed by atoms with Gasteiger partial charge in [-0.2, -0.15) is 10.2 Å². The van der Waals surface area contributed by atoms with Crippen molar-refractivity contribution in [3.05, 3.63) is 66.2 Å². The molecule has 5 rings (SSSR count). The number of nitrogens with zero attached hydrogens (tertiary/aromatic N) is 5. The van der Waals surface area contributed by atoms with Gasteiger partial charge in [-0.05, 0) is 70.9 Å². The van der Waals surface area contributed by atoms with Crippen LogP contribution in [0.15, 0.2) is 55.1 Å². The predicted molar refractivity (Wildman–Crippen MR) is 147 cm³/mol. The summed E-state index contributed by atoms with van der Waals surface area (Å²) in [5, 5.41) is 9.12. The molecule has 4 heterocycles. The molecule has 1 aromatic carbocycles. The van der Waals surface area contributed by atoms with Gasteiger partial charge in [0.15, 0.2) is 0 Å². The van der Waals surface area contributed by atoms with E-state index in [0.717, 1.165) is 39.3 Å². The molecule has 8 nitrogen and oxygen atoms in total. The number of hydrogen-bond acceptors (Lipinski definition) is 5. The van der Waals surface area contributed by atoms with E-state index in [2.05, 4.69) is 57.1 Å². The Bertz CT molecular complexity index is 1450. The summed E-state index contributed by atoms with van der Waals surface area (Å²) >= 11 is 0. The van der Waals surface area contributed by atoms with Gasteiger partial charge in [0.2, 0.25) is 5.91 Å². The van der Waals surface area contributed by atoms with Crippen LogP contribution in [0.25, 0.3) is 16.6 Å². The summed E-state index contributed by atoms with van der Waals surface area (Å²) < 4.78 is 15.7. The zero-order valence-corrected chi connectivity index (χ0v) is 23.3. The summed E-state index contributed by atoms with van der Waals surface area (Å²) in [6.45, 7) is 13.2. The second-order valence-corrected chi connectivity index (χ2v) is 11.3. The average molecular weight is 516 g/mol. The SMILES string of the molecule is COc1ccc([C@@H](C)N2C[C@H]([C@@H](C)Oc3cc(-c4cnn(C(C)(C)C)c4)cn4ncc(C)c34)CC2=O)cc1. The Hall–Kier alpha value is -3.81. The van der Waals surface area contributed by atoms with E-state index >= 15 is 0 Å². The Balaban J connectivity index is 1.37. The van der Waals surface area contributed by atoms with Crippen molar-refractivity contribution in [3.63, 3.8) is 0 Å². The lowest BCUT2D eigenvalue weighted by atomic mass is 10.0. The van der Waals surface area contributed by atoms with Crippen LogP contribution in [-0.4, -0.2) is 50.0 Å². The molecule has 1 saturated heterocycles. The van der Waals surface area contributed by atoms with Gasteiger partial charge in [0, 0.05) is 42.4 Å². The molecule has 0 unspecified atom stereocenters. The highest BCUT2D eigenvalue weighted by molar-refractivity contribution is 5.79. The Morgan fingerprint density at radius 1 is 1.03 bits per heavy atom. The first-order valence-corrected chi connectivity index (χ1v) is 13.2. The number of aryl methyl sites for hydroxylation is 1. The minimum Gasteiger partial charge on any atom is -0.497 e. The number of benzene rings is 1. The maximum Gasteiger partial charge on any atom is 0.223 e. The summed E-state index contributed by atoms with van der Waals surface area (Å²) in [5.74, 6) is 1.81. The Kier molecular flexibility index (Phi) is 6.67. The molecule has 38 heavy (non-hydrogen) atoms. The molecule has 8 heteroatoms. The van der Waals surface area contributed by atoms with Crippen LogP contribution in [0, 0.1) is 12.8 Å². The summed E-state index contributed by atoms with van der Waals surface area (Å²) in [4.78, 5) is 15.0. The van der Waals surface area contributed by atoms with Gasteiger partial charge in [-0.3, -0.25) is 9.48 Å². The molecule has 1 amide bonds. The van der Waals surface area contributed by atoms with Crippen LogP contribution < -0.4 is 9.47 Å². The first kappa shape index (κ1) is 25.8. The van der Waals surface area contributed by atoms with Crippen molar-refractivity contribution in [2.45, 2.75) is 65.6 Å². The van der Waals surface area contributed by atoms with Gasteiger partial charge in [0.1, 0.15) is 23.1 Å². The molecule has 0 spiro atoms. The minimum absolute atomic E-state index is 0.0166.